The monoisotopic (exact) mass is 260 g/mol. The maximum absolute atomic E-state index is 11.2. The number of hydrogen-bond acceptors (Lipinski definition) is 3. The Morgan fingerprint density at radius 1 is 1.20 bits per heavy atom. The lowest BCUT2D eigenvalue weighted by Gasteiger charge is -2.01. The third kappa shape index (κ3) is 3.00. The van der Waals surface area contributed by atoms with Crippen molar-refractivity contribution in [3.63, 3.8) is 0 Å². The topological polar surface area (TPSA) is 34.1 Å². The smallest absolute Gasteiger partial charge is 0.158 e. The maximum Gasteiger partial charge on any atom is 0.158 e. The van der Waals surface area contributed by atoms with Crippen LogP contribution in [-0.2, 0) is 9.84 Å². The first kappa shape index (κ1) is 11.0. The molecule has 1 aliphatic rings. The highest BCUT2D eigenvalue weighted by molar-refractivity contribution is 8.05. The molecular weight excluding hydrogens is 252 g/mol. The van der Waals surface area contributed by atoms with E-state index in [4.69, 9.17) is 11.6 Å². The van der Waals surface area contributed by atoms with E-state index in [-0.39, 0.29) is 11.5 Å². The van der Waals surface area contributed by atoms with Crippen LogP contribution in [0, 0.1) is 0 Å². The molecule has 5 heteroatoms. The van der Waals surface area contributed by atoms with Gasteiger partial charge >= 0.3 is 0 Å². The summed E-state index contributed by atoms with van der Waals surface area (Å²) in [6, 6.07) is 7.37. The molecule has 2 nitrogen and oxygen atoms in total. The van der Waals surface area contributed by atoms with Crippen LogP contribution in [0.4, 0.5) is 0 Å². The van der Waals surface area contributed by atoms with Gasteiger partial charge in [0.25, 0.3) is 0 Å². The second kappa shape index (κ2) is 4.20. The largest absolute Gasteiger partial charge is 0.228 e. The first-order chi connectivity index (χ1) is 7.05. The summed E-state index contributed by atoms with van der Waals surface area (Å²) < 4.78 is 22.4. The number of sulfone groups is 1. The van der Waals surface area contributed by atoms with E-state index in [1.165, 1.54) is 11.8 Å². The van der Waals surface area contributed by atoms with E-state index in [0.29, 0.717) is 5.02 Å². The van der Waals surface area contributed by atoms with Gasteiger partial charge in [0.15, 0.2) is 9.84 Å². The van der Waals surface area contributed by atoms with Gasteiger partial charge in [0.05, 0.1) is 11.5 Å². The van der Waals surface area contributed by atoms with Crippen molar-refractivity contribution in [1.82, 2.24) is 0 Å². The summed E-state index contributed by atoms with van der Waals surface area (Å²) in [6.45, 7) is 0. The van der Waals surface area contributed by atoms with E-state index in [9.17, 15) is 8.42 Å². The van der Waals surface area contributed by atoms with E-state index in [1.807, 2.05) is 12.1 Å². The molecule has 15 heavy (non-hydrogen) atoms. The zero-order valence-corrected chi connectivity index (χ0v) is 10.2. The minimum Gasteiger partial charge on any atom is -0.228 e. The summed E-state index contributed by atoms with van der Waals surface area (Å²) >= 11 is 7.24. The molecule has 0 saturated carbocycles. The lowest BCUT2D eigenvalue weighted by Crippen LogP contribution is -2.01. The third-order valence-corrected chi connectivity index (χ3v) is 4.93. The van der Waals surface area contributed by atoms with Gasteiger partial charge in [0, 0.05) is 14.8 Å². The van der Waals surface area contributed by atoms with Gasteiger partial charge in [0.2, 0.25) is 0 Å². The second-order valence-electron chi connectivity index (χ2n) is 3.28. The van der Waals surface area contributed by atoms with Crippen LogP contribution in [0.5, 0.6) is 0 Å². The number of benzene rings is 1. The molecule has 80 valence electrons. The van der Waals surface area contributed by atoms with Crippen molar-refractivity contribution in [1.29, 1.82) is 0 Å². The molecular formula is C10H9ClO2S2. The summed E-state index contributed by atoms with van der Waals surface area (Å²) in [7, 11) is -2.86. The zero-order valence-electron chi connectivity index (χ0n) is 7.81. The van der Waals surface area contributed by atoms with Crippen molar-refractivity contribution < 1.29 is 8.42 Å². The summed E-state index contributed by atoms with van der Waals surface area (Å²) in [5.74, 6) is 0.337. The summed E-state index contributed by atoms with van der Waals surface area (Å²) in [5.41, 5.74) is 0. The molecule has 2 rings (SSSR count). The SMILES string of the molecule is O=S1(=O)CC=C(Sc2ccc(Cl)cc2)C1. The summed E-state index contributed by atoms with van der Waals surface area (Å²) in [5, 5.41) is 0.687. The van der Waals surface area contributed by atoms with Gasteiger partial charge < -0.3 is 0 Å². The van der Waals surface area contributed by atoms with Gasteiger partial charge in [-0.3, -0.25) is 0 Å². The Kier molecular flexibility index (Phi) is 3.09. The highest BCUT2D eigenvalue weighted by Gasteiger charge is 2.20. The number of rotatable bonds is 2. The predicted molar refractivity (Wildman–Crippen MR) is 64.0 cm³/mol. The van der Waals surface area contributed by atoms with E-state index in [0.717, 1.165) is 9.80 Å². The first-order valence-corrected chi connectivity index (χ1v) is 7.40. The Bertz CT molecular complexity index is 489. The Balaban J connectivity index is 2.08. The molecule has 0 aromatic heterocycles. The van der Waals surface area contributed by atoms with Gasteiger partial charge in [-0.2, -0.15) is 0 Å². The minimum absolute atomic E-state index is 0.167. The molecule has 0 amide bonds. The van der Waals surface area contributed by atoms with Crippen molar-refractivity contribution in [3.8, 4) is 0 Å². The molecule has 0 saturated heterocycles. The molecule has 0 unspecified atom stereocenters. The van der Waals surface area contributed by atoms with Crippen molar-refractivity contribution >= 4 is 33.2 Å². The second-order valence-corrected chi connectivity index (χ2v) is 7.03. The van der Waals surface area contributed by atoms with Crippen molar-refractivity contribution in [2.24, 2.45) is 0 Å². The van der Waals surface area contributed by atoms with Crippen LogP contribution in [0.25, 0.3) is 0 Å². The molecule has 0 bridgehead atoms. The molecule has 1 heterocycles. The first-order valence-electron chi connectivity index (χ1n) is 4.38. The van der Waals surface area contributed by atoms with E-state index >= 15 is 0 Å². The fourth-order valence-electron chi connectivity index (χ4n) is 1.28. The predicted octanol–water partition coefficient (Wildman–Crippen LogP) is 2.74. The van der Waals surface area contributed by atoms with Gasteiger partial charge in [-0.05, 0) is 24.3 Å². The molecule has 1 aromatic rings. The van der Waals surface area contributed by atoms with E-state index < -0.39 is 9.84 Å². The molecule has 0 radical (unpaired) electrons. The van der Waals surface area contributed by atoms with Crippen LogP contribution in [0.1, 0.15) is 0 Å². The van der Waals surface area contributed by atoms with Crippen LogP contribution in [0.2, 0.25) is 5.02 Å². The van der Waals surface area contributed by atoms with Gasteiger partial charge in [-0.1, -0.05) is 29.4 Å². The number of hydrogen-bond donors (Lipinski definition) is 0. The Labute approximate surface area is 98.2 Å². The summed E-state index contributed by atoms with van der Waals surface area (Å²) in [4.78, 5) is 1.92. The zero-order chi connectivity index (χ0) is 10.9. The van der Waals surface area contributed by atoms with Crippen molar-refractivity contribution in [2.75, 3.05) is 11.5 Å². The normalized spacial score (nSPS) is 18.9. The van der Waals surface area contributed by atoms with Gasteiger partial charge in [0.1, 0.15) is 0 Å². The quantitative estimate of drug-likeness (QED) is 0.820. The lowest BCUT2D eigenvalue weighted by molar-refractivity contribution is 0.603. The Hall–Kier alpha value is -0.450. The van der Waals surface area contributed by atoms with Crippen molar-refractivity contribution in [2.45, 2.75) is 4.90 Å². The minimum atomic E-state index is -2.86. The fraction of sp³-hybridized carbons (Fsp3) is 0.200. The lowest BCUT2D eigenvalue weighted by atomic mass is 10.4. The van der Waals surface area contributed by atoms with E-state index in [2.05, 4.69) is 0 Å². The van der Waals surface area contributed by atoms with Crippen LogP contribution in [0.15, 0.2) is 40.1 Å². The molecule has 0 spiro atoms. The molecule has 0 atom stereocenters. The Morgan fingerprint density at radius 2 is 1.87 bits per heavy atom. The summed E-state index contributed by atoms with van der Waals surface area (Å²) in [6.07, 6.45) is 1.77. The highest BCUT2D eigenvalue weighted by Crippen LogP contribution is 2.31. The fourth-order valence-corrected chi connectivity index (χ4v) is 4.15. The third-order valence-electron chi connectivity index (χ3n) is 1.99. The number of halogens is 1. The van der Waals surface area contributed by atoms with Crippen LogP contribution < -0.4 is 0 Å². The highest BCUT2D eigenvalue weighted by atomic mass is 35.5. The maximum atomic E-state index is 11.2. The number of thioether (sulfide) groups is 1. The molecule has 0 N–H and O–H groups in total. The van der Waals surface area contributed by atoms with Crippen LogP contribution in [0.3, 0.4) is 0 Å². The van der Waals surface area contributed by atoms with Gasteiger partial charge in [-0.25, -0.2) is 8.42 Å². The molecule has 0 fully saturated rings. The molecule has 0 aliphatic carbocycles. The standard InChI is InChI=1S/C10H9ClO2S2/c11-8-1-3-9(4-2-8)14-10-5-6-15(12,13)7-10/h1-5H,6-7H2. The Morgan fingerprint density at radius 3 is 2.40 bits per heavy atom. The van der Waals surface area contributed by atoms with Crippen LogP contribution >= 0.6 is 23.4 Å². The van der Waals surface area contributed by atoms with Gasteiger partial charge in [-0.15, -0.1) is 0 Å². The molecule has 1 aliphatic heterocycles. The average molecular weight is 261 g/mol. The average Bonchev–Trinajstić information content (AvgIpc) is 2.50. The van der Waals surface area contributed by atoms with Crippen LogP contribution in [-0.4, -0.2) is 19.9 Å². The molecule has 1 aromatic carbocycles. The van der Waals surface area contributed by atoms with E-state index in [1.54, 1.807) is 18.2 Å². The van der Waals surface area contributed by atoms with Crippen molar-refractivity contribution in [3.05, 3.63) is 40.3 Å².